The van der Waals surface area contributed by atoms with Crippen LogP contribution in [-0.2, 0) is 17.8 Å². The minimum absolute atomic E-state index is 0.0288. The molecule has 1 aromatic carbocycles. The summed E-state index contributed by atoms with van der Waals surface area (Å²) in [7, 11) is 0. The Morgan fingerprint density at radius 3 is 2.48 bits per heavy atom. The number of benzene rings is 1. The molecule has 0 atom stereocenters. The summed E-state index contributed by atoms with van der Waals surface area (Å²) in [6.45, 7) is 0.917. The first-order valence-electron chi connectivity index (χ1n) is 9.43. The number of aromatic carboxylic acids is 1. The second-order valence-electron chi connectivity index (χ2n) is 7.31. The molecule has 27 heavy (non-hydrogen) atoms. The monoisotopic (exact) mass is 387 g/mol. The smallest absolute Gasteiger partial charge is 0.356 e. The van der Waals surface area contributed by atoms with E-state index in [-0.39, 0.29) is 17.5 Å². The van der Waals surface area contributed by atoms with Gasteiger partial charge in [0, 0.05) is 36.0 Å². The van der Waals surface area contributed by atoms with Crippen LogP contribution in [0.3, 0.4) is 0 Å². The Bertz CT molecular complexity index is 869. The van der Waals surface area contributed by atoms with Crippen LogP contribution < -0.4 is 0 Å². The molecule has 0 saturated heterocycles. The number of hydrogen-bond acceptors (Lipinski definition) is 3. The zero-order valence-electron chi connectivity index (χ0n) is 15.0. The number of aromatic nitrogens is 2. The molecule has 0 bridgehead atoms. The van der Waals surface area contributed by atoms with Gasteiger partial charge in [-0.25, -0.2) is 9.48 Å². The fourth-order valence-corrected chi connectivity index (χ4v) is 4.31. The summed E-state index contributed by atoms with van der Waals surface area (Å²) in [6, 6.07) is 7.15. The molecule has 1 fully saturated rings. The first-order valence-corrected chi connectivity index (χ1v) is 9.81. The normalized spacial score (nSPS) is 17.6. The topological polar surface area (TPSA) is 75.4 Å². The molecule has 7 heteroatoms. The zero-order chi connectivity index (χ0) is 19.0. The fraction of sp³-hybridized carbons (Fsp3) is 0.450. The molecule has 1 amide bonds. The van der Waals surface area contributed by atoms with E-state index < -0.39 is 5.97 Å². The summed E-state index contributed by atoms with van der Waals surface area (Å²) in [6.07, 6.45) is 5.88. The van der Waals surface area contributed by atoms with Crippen LogP contribution in [0, 0.1) is 5.92 Å². The first-order chi connectivity index (χ1) is 13.0. The number of carboxylic acid groups (broad SMARTS) is 1. The van der Waals surface area contributed by atoms with Crippen LogP contribution in [0.5, 0.6) is 0 Å². The van der Waals surface area contributed by atoms with Crippen molar-refractivity contribution in [3.8, 4) is 5.69 Å². The number of hydrogen-bond donors (Lipinski definition) is 1. The molecule has 4 rings (SSSR count). The summed E-state index contributed by atoms with van der Waals surface area (Å²) in [4.78, 5) is 26.5. The van der Waals surface area contributed by atoms with E-state index >= 15 is 0 Å². The van der Waals surface area contributed by atoms with Crippen molar-refractivity contribution in [1.82, 2.24) is 14.7 Å². The van der Waals surface area contributed by atoms with Gasteiger partial charge in [0.05, 0.1) is 11.4 Å². The van der Waals surface area contributed by atoms with E-state index in [0.29, 0.717) is 30.1 Å². The van der Waals surface area contributed by atoms with Gasteiger partial charge in [0.25, 0.3) is 0 Å². The van der Waals surface area contributed by atoms with E-state index in [1.165, 1.54) is 6.42 Å². The van der Waals surface area contributed by atoms with Crippen molar-refractivity contribution >= 4 is 23.5 Å². The van der Waals surface area contributed by atoms with Crippen LogP contribution in [0.15, 0.2) is 24.3 Å². The van der Waals surface area contributed by atoms with Crippen molar-refractivity contribution in [3.63, 3.8) is 0 Å². The number of nitrogens with zero attached hydrogens (tertiary/aromatic N) is 3. The van der Waals surface area contributed by atoms with Gasteiger partial charge in [-0.05, 0) is 37.1 Å². The van der Waals surface area contributed by atoms with E-state index in [4.69, 9.17) is 11.6 Å². The third-order valence-electron chi connectivity index (χ3n) is 5.60. The second kappa shape index (κ2) is 7.35. The maximum Gasteiger partial charge on any atom is 0.356 e. The molecule has 6 nitrogen and oxygen atoms in total. The van der Waals surface area contributed by atoms with Gasteiger partial charge in [0.2, 0.25) is 5.91 Å². The molecule has 1 aliphatic heterocycles. The number of fused-ring (bicyclic) bond motifs is 1. The fourth-order valence-electron chi connectivity index (χ4n) is 4.18. The lowest BCUT2D eigenvalue weighted by Crippen LogP contribution is -2.40. The lowest BCUT2D eigenvalue weighted by Gasteiger charge is -2.32. The Morgan fingerprint density at radius 1 is 1.11 bits per heavy atom. The van der Waals surface area contributed by atoms with Gasteiger partial charge in [0.15, 0.2) is 5.69 Å². The van der Waals surface area contributed by atoms with Crippen molar-refractivity contribution < 1.29 is 14.7 Å². The molecule has 0 radical (unpaired) electrons. The SMILES string of the molecule is O=C(O)c1nn(-c2ccc(Cl)cc2)c2c1CN(C(=O)C1CCCCC1)CC2. The Morgan fingerprint density at radius 2 is 1.81 bits per heavy atom. The van der Waals surface area contributed by atoms with E-state index in [1.807, 2.05) is 17.0 Å². The predicted octanol–water partition coefficient (Wildman–Crippen LogP) is 3.69. The predicted molar refractivity (Wildman–Crippen MR) is 101 cm³/mol. The quantitative estimate of drug-likeness (QED) is 0.871. The number of rotatable bonds is 3. The molecule has 142 valence electrons. The summed E-state index contributed by atoms with van der Waals surface area (Å²) < 4.78 is 1.68. The maximum absolute atomic E-state index is 12.9. The van der Waals surface area contributed by atoms with Gasteiger partial charge in [-0.3, -0.25) is 4.79 Å². The third kappa shape index (κ3) is 3.46. The lowest BCUT2D eigenvalue weighted by molar-refractivity contribution is -0.137. The highest BCUT2D eigenvalue weighted by atomic mass is 35.5. The van der Waals surface area contributed by atoms with Crippen molar-refractivity contribution in [3.05, 3.63) is 46.2 Å². The molecule has 0 spiro atoms. The highest BCUT2D eigenvalue weighted by Crippen LogP contribution is 2.30. The molecular weight excluding hydrogens is 366 g/mol. The molecule has 1 N–H and O–H groups in total. The van der Waals surface area contributed by atoms with Crippen LogP contribution in [-0.4, -0.2) is 38.2 Å². The van der Waals surface area contributed by atoms with Crippen molar-refractivity contribution in [2.45, 2.75) is 45.1 Å². The van der Waals surface area contributed by atoms with Crippen LogP contribution >= 0.6 is 11.6 Å². The second-order valence-corrected chi connectivity index (χ2v) is 7.75. The van der Waals surface area contributed by atoms with Crippen LogP contribution in [0.4, 0.5) is 0 Å². The lowest BCUT2D eigenvalue weighted by atomic mass is 9.87. The Hall–Kier alpha value is -2.34. The van der Waals surface area contributed by atoms with E-state index in [9.17, 15) is 14.7 Å². The molecule has 2 aromatic rings. The summed E-state index contributed by atoms with van der Waals surface area (Å²) in [5, 5.41) is 14.6. The Labute approximate surface area is 162 Å². The van der Waals surface area contributed by atoms with E-state index in [2.05, 4.69) is 5.10 Å². The van der Waals surface area contributed by atoms with Gasteiger partial charge < -0.3 is 10.0 Å². The number of carboxylic acids is 1. The highest BCUT2D eigenvalue weighted by molar-refractivity contribution is 6.30. The number of carbonyl (C=O) groups excluding carboxylic acids is 1. The highest BCUT2D eigenvalue weighted by Gasteiger charge is 2.33. The summed E-state index contributed by atoms with van der Waals surface area (Å²) >= 11 is 5.96. The standard InChI is InChI=1S/C20H22ClN3O3/c21-14-6-8-15(9-7-14)24-17-10-11-23(12-16(17)18(22-24)20(26)27)19(25)13-4-2-1-3-5-13/h6-9,13H,1-5,10-12H2,(H,26,27). The van der Waals surface area contributed by atoms with Crippen LogP contribution in [0.2, 0.25) is 5.02 Å². The zero-order valence-corrected chi connectivity index (χ0v) is 15.8. The van der Waals surface area contributed by atoms with Crippen molar-refractivity contribution in [1.29, 1.82) is 0 Å². The number of halogens is 1. The average molecular weight is 388 g/mol. The Kier molecular flexibility index (Phi) is 4.91. The van der Waals surface area contributed by atoms with Gasteiger partial charge >= 0.3 is 5.97 Å². The maximum atomic E-state index is 12.9. The largest absolute Gasteiger partial charge is 0.476 e. The summed E-state index contributed by atoms with van der Waals surface area (Å²) in [5.41, 5.74) is 2.31. The van der Waals surface area contributed by atoms with Crippen LogP contribution in [0.1, 0.15) is 53.8 Å². The Balaban J connectivity index is 1.65. The molecule has 2 aliphatic rings. The molecule has 1 aliphatic carbocycles. The number of carbonyl (C=O) groups is 2. The molecular formula is C20H22ClN3O3. The molecule has 2 heterocycles. The van der Waals surface area contributed by atoms with Crippen molar-refractivity contribution in [2.75, 3.05) is 6.54 Å². The van der Waals surface area contributed by atoms with Crippen molar-refractivity contribution in [2.24, 2.45) is 5.92 Å². The minimum Gasteiger partial charge on any atom is -0.476 e. The first kappa shape index (κ1) is 18.0. The van der Waals surface area contributed by atoms with Gasteiger partial charge in [-0.15, -0.1) is 0 Å². The average Bonchev–Trinajstić information content (AvgIpc) is 3.08. The van der Waals surface area contributed by atoms with Gasteiger partial charge in [-0.2, -0.15) is 5.10 Å². The third-order valence-corrected chi connectivity index (χ3v) is 5.85. The number of amides is 1. The van der Waals surface area contributed by atoms with E-state index in [0.717, 1.165) is 37.1 Å². The molecule has 1 aromatic heterocycles. The van der Waals surface area contributed by atoms with Gasteiger partial charge in [-0.1, -0.05) is 30.9 Å². The van der Waals surface area contributed by atoms with Crippen LogP contribution in [0.25, 0.3) is 5.69 Å². The van der Waals surface area contributed by atoms with E-state index in [1.54, 1.807) is 16.8 Å². The molecule has 1 saturated carbocycles. The summed E-state index contributed by atoms with van der Waals surface area (Å²) in [5.74, 6) is -0.818. The molecule has 0 unspecified atom stereocenters. The minimum atomic E-state index is -1.06. The van der Waals surface area contributed by atoms with Gasteiger partial charge in [0.1, 0.15) is 0 Å².